The van der Waals surface area contributed by atoms with Crippen LogP contribution < -0.4 is 11.1 Å². The average molecular weight is 421 g/mol. The van der Waals surface area contributed by atoms with Crippen LogP contribution in [-0.4, -0.2) is 32.6 Å². The summed E-state index contributed by atoms with van der Waals surface area (Å²) in [7, 11) is 0. The molecule has 0 atom stereocenters. The van der Waals surface area contributed by atoms with Gasteiger partial charge < -0.3 is 11.1 Å². The van der Waals surface area contributed by atoms with Gasteiger partial charge in [-0.05, 0) is 24.5 Å². The van der Waals surface area contributed by atoms with E-state index in [1.54, 1.807) is 12.3 Å². The highest BCUT2D eigenvalue weighted by atomic mass is 19.4. The summed E-state index contributed by atoms with van der Waals surface area (Å²) in [5.41, 5.74) is 7.36. The van der Waals surface area contributed by atoms with Crippen molar-refractivity contribution in [2.75, 3.05) is 0 Å². The molecule has 0 saturated heterocycles. The van der Waals surface area contributed by atoms with Crippen LogP contribution in [0.15, 0.2) is 18.5 Å². The fourth-order valence-electron chi connectivity index (χ4n) is 2.77. The quantitative estimate of drug-likeness (QED) is 0.721. The minimum atomic E-state index is -4.33. The van der Waals surface area contributed by atoms with Crippen molar-refractivity contribution in [3.63, 3.8) is 0 Å². The molecule has 3 rings (SSSR count). The highest BCUT2D eigenvalue weighted by molar-refractivity contribution is 5.75. The fourth-order valence-corrected chi connectivity index (χ4v) is 2.77. The van der Waals surface area contributed by atoms with Gasteiger partial charge in [-0.25, -0.2) is 18.3 Å². The first-order chi connectivity index (χ1) is 13.6. The number of hydrogen-bond donors (Lipinski definition) is 2. The molecule has 162 valence electrons. The highest BCUT2D eigenvalue weighted by Crippen LogP contribution is 2.32. The molecule has 0 aromatic carbocycles. The van der Waals surface area contributed by atoms with Gasteiger partial charge in [0.25, 0.3) is 0 Å². The molecule has 0 unspecified atom stereocenters. The summed E-state index contributed by atoms with van der Waals surface area (Å²) in [6, 6.07) is 1.69. The first kappa shape index (κ1) is 23.0. The summed E-state index contributed by atoms with van der Waals surface area (Å²) in [6.45, 7) is 0.387. The lowest BCUT2D eigenvalue weighted by Crippen LogP contribution is -2.24. The van der Waals surface area contributed by atoms with Crippen LogP contribution in [0, 0.1) is 0 Å². The van der Waals surface area contributed by atoms with E-state index in [9.17, 15) is 26.7 Å². The average Bonchev–Trinajstić information content (AvgIpc) is 3.07. The minimum absolute atomic E-state index is 0.102. The van der Waals surface area contributed by atoms with Crippen LogP contribution >= 0.6 is 0 Å². The number of alkyl halides is 5. The standard InChI is InChI=1S/C12H14F3N5O.C6H10F2/c13-12(14,15)2-1-11(21)17-5-8-3-10-19-9(4-16)7-20(10)18-6-8;7-6(8)4-2-1-3-5-6/h3,6-7H,1-2,4-5,16H2,(H,17,21);1-5H2. The topological polar surface area (TPSA) is 85.3 Å². The molecule has 1 amide bonds. The molecular weight excluding hydrogens is 397 g/mol. The molecular formula is C18H24F5N5O. The number of nitrogens with one attached hydrogen (secondary N) is 1. The van der Waals surface area contributed by atoms with Gasteiger partial charge in [0.1, 0.15) is 0 Å². The van der Waals surface area contributed by atoms with Gasteiger partial charge in [-0.15, -0.1) is 0 Å². The Morgan fingerprint density at radius 3 is 2.48 bits per heavy atom. The smallest absolute Gasteiger partial charge is 0.352 e. The van der Waals surface area contributed by atoms with Crippen molar-refractivity contribution in [2.24, 2.45) is 5.73 Å². The molecule has 2 heterocycles. The number of amides is 1. The zero-order valence-corrected chi connectivity index (χ0v) is 15.8. The summed E-state index contributed by atoms with van der Waals surface area (Å²) in [5.74, 6) is -2.98. The molecule has 1 saturated carbocycles. The molecule has 1 fully saturated rings. The van der Waals surface area contributed by atoms with E-state index in [1.807, 2.05) is 0 Å². The van der Waals surface area contributed by atoms with Crippen molar-refractivity contribution in [1.29, 1.82) is 0 Å². The van der Waals surface area contributed by atoms with Crippen molar-refractivity contribution in [1.82, 2.24) is 19.9 Å². The van der Waals surface area contributed by atoms with Crippen LogP contribution in [0.25, 0.3) is 5.65 Å². The molecule has 0 spiro atoms. The first-order valence-corrected chi connectivity index (χ1v) is 9.32. The highest BCUT2D eigenvalue weighted by Gasteiger charge is 2.30. The van der Waals surface area contributed by atoms with Gasteiger partial charge in [0.2, 0.25) is 11.8 Å². The van der Waals surface area contributed by atoms with E-state index in [0.717, 1.165) is 6.42 Å². The number of halogens is 5. The molecule has 0 radical (unpaired) electrons. The number of carbonyl (C=O) groups excluding carboxylic acids is 1. The Labute approximate surface area is 164 Å². The third kappa shape index (κ3) is 8.30. The van der Waals surface area contributed by atoms with Crippen LogP contribution in [0.4, 0.5) is 22.0 Å². The van der Waals surface area contributed by atoms with E-state index in [-0.39, 0.29) is 25.9 Å². The second-order valence-corrected chi connectivity index (χ2v) is 6.91. The SMILES string of the molecule is FC1(F)CCCCC1.NCc1cn2ncc(CNC(=O)CCC(F)(F)F)cc2n1. The fraction of sp³-hybridized carbons (Fsp3) is 0.611. The van der Waals surface area contributed by atoms with E-state index in [0.29, 0.717) is 29.7 Å². The molecule has 3 N–H and O–H groups in total. The lowest BCUT2D eigenvalue weighted by atomic mass is 9.97. The van der Waals surface area contributed by atoms with E-state index >= 15 is 0 Å². The van der Waals surface area contributed by atoms with Crippen molar-refractivity contribution in [2.45, 2.75) is 70.1 Å². The summed E-state index contributed by atoms with van der Waals surface area (Å²) in [4.78, 5) is 15.5. The molecule has 2 aromatic rings. The molecule has 6 nitrogen and oxygen atoms in total. The second kappa shape index (κ2) is 9.95. The van der Waals surface area contributed by atoms with Crippen LogP contribution in [-0.2, 0) is 17.9 Å². The third-order valence-corrected chi connectivity index (χ3v) is 4.35. The third-order valence-electron chi connectivity index (χ3n) is 4.35. The number of carbonyl (C=O) groups is 1. The van der Waals surface area contributed by atoms with E-state index in [1.165, 1.54) is 10.7 Å². The van der Waals surface area contributed by atoms with Gasteiger partial charge in [0.15, 0.2) is 5.65 Å². The number of fused-ring (bicyclic) bond motifs is 1. The Bertz CT molecular complexity index is 798. The maximum Gasteiger partial charge on any atom is 0.389 e. The maximum atomic E-state index is 12.2. The molecule has 0 aliphatic heterocycles. The first-order valence-electron chi connectivity index (χ1n) is 9.32. The van der Waals surface area contributed by atoms with E-state index in [4.69, 9.17) is 5.73 Å². The number of rotatable bonds is 5. The van der Waals surface area contributed by atoms with Gasteiger partial charge in [0.05, 0.1) is 24.5 Å². The largest absolute Gasteiger partial charge is 0.389 e. The van der Waals surface area contributed by atoms with Crippen molar-refractivity contribution in [3.05, 3.63) is 29.7 Å². The Hall–Kier alpha value is -2.30. The van der Waals surface area contributed by atoms with Crippen LogP contribution in [0.3, 0.4) is 0 Å². The van der Waals surface area contributed by atoms with Crippen molar-refractivity contribution >= 4 is 11.6 Å². The Kier molecular flexibility index (Phi) is 7.88. The van der Waals surface area contributed by atoms with Gasteiger partial charge in [-0.2, -0.15) is 18.3 Å². The Morgan fingerprint density at radius 2 is 1.93 bits per heavy atom. The Morgan fingerprint density at radius 1 is 1.24 bits per heavy atom. The molecule has 1 aliphatic rings. The number of nitrogens with zero attached hydrogens (tertiary/aromatic N) is 3. The van der Waals surface area contributed by atoms with Crippen LogP contribution in [0.2, 0.25) is 0 Å². The molecule has 11 heteroatoms. The summed E-state index contributed by atoms with van der Waals surface area (Å²) < 4.78 is 61.9. The van der Waals surface area contributed by atoms with E-state index in [2.05, 4.69) is 15.4 Å². The van der Waals surface area contributed by atoms with Crippen LogP contribution in [0.5, 0.6) is 0 Å². The number of aromatic nitrogens is 3. The van der Waals surface area contributed by atoms with Crippen LogP contribution in [0.1, 0.15) is 56.2 Å². The number of nitrogens with two attached hydrogens (primary N) is 1. The summed E-state index contributed by atoms with van der Waals surface area (Å²) >= 11 is 0. The van der Waals surface area contributed by atoms with Gasteiger partial charge >= 0.3 is 6.18 Å². The zero-order valence-electron chi connectivity index (χ0n) is 15.8. The lowest BCUT2D eigenvalue weighted by molar-refractivity contribution is -0.144. The second-order valence-electron chi connectivity index (χ2n) is 6.91. The lowest BCUT2D eigenvalue weighted by Gasteiger charge is -2.20. The minimum Gasteiger partial charge on any atom is -0.352 e. The normalized spacial score (nSPS) is 16.2. The predicted molar refractivity (Wildman–Crippen MR) is 96.0 cm³/mol. The van der Waals surface area contributed by atoms with Crippen molar-refractivity contribution < 1.29 is 26.7 Å². The van der Waals surface area contributed by atoms with Gasteiger partial charge in [0, 0.05) is 32.4 Å². The zero-order chi connectivity index (χ0) is 21.5. The predicted octanol–water partition coefficient (Wildman–Crippen LogP) is 3.73. The molecule has 0 bridgehead atoms. The van der Waals surface area contributed by atoms with Gasteiger partial charge in [-0.1, -0.05) is 6.42 Å². The molecule has 1 aliphatic carbocycles. The number of hydrogen-bond acceptors (Lipinski definition) is 4. The Balaban J connectivity index is 0.000000313. The number of imidazole rings is 1. The monoisotopic (exact) mass is 421 g/mol. The van der Waals surface area contributed by atoms with Crippen molar-refractivity contribution in [3.8, 4) is 0 Å². The van der Waals surface area contributed by atoms with Gasteiger partial charge in [-0.3, -0.25) is 4.79 Å². The summed E-state index contributed by atoms with van der Waals surface area (Å²) in [6.07, 6.45) is -0.183. The summed E-state index contributed by atoms with van der Waals surface area (Å²) in [5, 5.41) is 6.50. The molecule has 2 aromatic heterocycles. The van der Waals surface area contributed by atoms with E-state index < -0.39 is 30.8 Å². The maximum absolute atomic E-state index is 12.2. The molecule has 29 heavy (non-hydrogen) atoms.